The van der Waals surface area contributed by atoms with Gasteiger partial charge in [0.05, 0.1) is 12.8 Å². The molecule has 0 unspecified atom stereocenters. The third-order valence-electron chi connectivity index (χ3n) is 1.85. The molecule has 1 aromatic heterocycles. The number of hydrogen-bond donors (Lipinski definition) is 1. The Balaban J connectivity index is 2.44. The molecular formula is C11H14N2O3S. The van der Waals surface area contributed by atoms with Gasteiger partial charge in [0, 0.05) is 9.75 Å². The molecule has 1 rings (SSSR count). The molecule has 0 radical (unpaired) electrons. The summed E-state index contributed by atoms with van der Waals surface area (Å²) in [7, 11) is 0. The second kappa shape index (κ2) is 6.80. The van der Waals surface area contributed by atoms with E-state index in [0.29, 0.717) is 0 Å². The first-order valence-electron chi connectivity index (χ1n) is 5.26. The highest BCUT2D eigenvalue weighted by molar-refractivity contribution is 7.13. The number of esters is 1. The van der Waals surface area contributed by atoms with Gasteiger partial charge in [0.15, 0.2) is 0 Å². The molecule has 1 amide bonds. The largest absolute Gasteiger partial charge is 0.459 e. The number of hydrogen-bond acceptors (Lipinski definition) is 5. The van der Waals surface area contributed by atoms with Crippen LogP contribution in [0.25, 0.3) is 0 Å². The molecule has 1 heterocycles. The third kappa shape index (κ3) is 4.36. The normalized spacial score (nSPS) is 10.5. The summed E-state index contributed by atoms with van der Waals surface area (Å²) in [5.74, 6) is -1.79. The monoisotopic (exact) mass is 254 g/mol. The number of nitrogens with zero attached hydrogens (tertiary/aromatic N) is 1. The van der Waals surface area contributed by atoms with Gasteiger partial charge in [0.2, 0.25) is 0 Å². The lowest BCUT2D eigenvalue weighted by molar-refractivity contribution is -0.154. The van der Waals surface area contributed by atoms with E-state index in [4.69, 9.17) is 0 Å². The van der Waals surface area contributed by atoms with Crippen LogP contribution in [0.5, 0.6) is 0 Å². The highest BCUT2D eigenvalue weighted by Crippen LogP contribution is 2.14. The molecule has 6 heteroatoms. The molecule has 0 saturated heterocycles. The van der Waals surface area contributed by atoms with Crippen LogP contribution in [0.2, 0.25) is 0 Å². The minimum atomic E-state index is -0.926. The summed E-state index contributed by atoms with van der Waals surface area (Å²) in [6.45, 7) is 3.86. The van der Waals surface area contributed by atoms with E-state index in [1.54, 1.807) is 18.3 Å². The van der Waals surface area contributed by atoms with Crippen LogP contribution in [0, 0.1) is 0 Å². The van der Waals surface area contributed by atoms with Gasteiger partial charge >= 0.3 is 11.9 Å². The molecule has 17 heavy (non-hydrogen) atoms. The first-order valence-corrected chi connectivity index (χ1v) is 6.07. The number of carbonyl (C=O) groups excluding carboxylic acids is 2. The summed E-state index contributed by atoms with van der Waals surface area (Å²) in [6.07, 6.45) is 2.47. The van der Waals surface area contributed by atoms with Crippen molar-refractivity contribution in [2.45, 2.75) is 20.3 Å². The number of aryl methyl sites for hydroxylation is 1. The molecule has 0 spiro atoms. The van der Waals surface area contributed by atoms with Crippen LogP contribution in [0.3, 0.4) is 0 Å². The van der Waals surface area contributed by atoms with Crippen LogP contribution >= 0.6 is 11.3 Å². The van der Waals surface area contributed by atoms with E-state index >= 15 is 0 Å². The average molecular weight is 254 g/mol. The fraction of sp³-hybridized carbons (Fsp3) is 0.364. The Labute approximate surface area is 103 Å². The van der Waals surface area contributed by atoms with Crippen molar-refractivity contribution < 1.29 is 14.3 Å². The predicted molar refractivity (Wildman–Crippen MR) is 66.1 cm³/mol. The molecule has 92 valence electrons. The molecule has 1 N–H and O–H groups in total. The quantitative estimate of drug-likeness (QED) is 0.381. The molecule has 0 aliphatic rings. The van der Waals surface area contributed by atoms with Crippen molar-refractivity contribution in [1.29, 1.82) is 0 Å². The number of carbonyl (C=O) groups is 2. The van der Waals surface area contributed by atoms with Crippen molar-refractivity contribution in [2.75, 3.05) is 6.61 Å². The maximum absolute atomic E-state index is 11.1. The smallest absolute Gasteiger partial charge is 0.398 e. The average Bonchev–Trinajstić information content (AvgIpc) is 2.77. The third-order valence-corrected chi connectivity index (χ3v) is 3.01. The van der Waals surface area contributed by atoms with Crippen LogP contribution in [0.4, 0.5) is 0 Å². The predicted octanol–water partition coefficient (Wildman–Crippen LogP) is 1.32. The Morgan fingerprint density at radius 3 is 2.82 bits per heavy atom. The first kappa shape index (κ1) is 13.4. The number of thiophene rings is 1. The van der Waals surface area contributed by atoms with Gasteiger partial charge < -0.3 is 4.74 Å². The second-order valence-electron chi connectivity index (χ2n) is 3.08. The van der Waals surface area contributed by atoms with Crippen molar-refractivity contribution in [2.24, 2.45) is 5.10 Å². The number of nitrogens with one attached hydrogen (secondary N) is 1. The van der Waals surface area contributed by atoms with E-state index in [-0.39, 0.29) is 6.61 Å². The second-order valence-corrected chi connectivity index (χ2v) is 4.28. The Kier molecular flexibility index (Phi) is 5.35. The van der Waals surface area contributed by atoms with Gasteiger partial charge in [-0.15, -0.1) is 11.3 Å². The van der Waals surface area contributed by atoms with Crippen LogP contribution < -0.4 is 5.43 Å². The van der Waals surface area contributed by atoms with Gasteiger partial charge in [-0.25, -0.2) is 10.2 Å². The lowest BCUT2D eigenvalue weighted by Crippen LogP contribution is -2.28. The number of amides is 1. The van der Waals surface area contributed by atoms with Gasteiger partial charge in [0.25, 0.3) is 0 Å². The minimum Gasteiger partial charge on any atom is -0.459 e. The maximum Gasteiger partial charge on any atom is 0.398 e. The van der Waals surface area contributed by atoms with Crippen molar-refractivity contribution in [1.82, 2.24) is 5.43 Å². The van der Waals surface area contributed by atoms with Gasteiger partial charge in [-0.05, 0) is 25.5 Å². The topological polar surface area (TPSA) is 67.8 Å². The van der Waals surface area contributed by atoms with Gasteiger partial charge in [-0.1, -0.05) is 6.92 Å². The standard InChI is InChI=1S/C11H14N2O3S/c1-3-8-5-6-9(17-8)7-12-13-10(14)11(15)16-4-2/h5-7H,3-4H2,1-2H3,(H,13,14). The van der Waals surface area contributed by atoms with Gasteiger partial charge in [0.1, 0.15) is 0 Å². The Morgan fingerprint density at radius 1 is 1.47 bits per heavy atom. The minimum absolute atomic E-state index is 0.167. The molecule has 0 aliphatic heterocycles. The van der Waals surface area contributed by atoms with Crippen LogP contribution in [-0.4, -0.2) is 24.7 Å². The highest BCUT2D eigenvalue weighted by atomic mass is 32.1. The summed E-state index contributed by atoms with van der Waals surface area (Å²) in [5.41, 5.74) is 2.11. The van der Waals surface area contributed by atoms with E-state index in [2.05, 4.69) is 22.2 Å². The summed E-state index contributed by atoms with van der Waals surface area (Å²) < 4.78 is 4.51. The van der Waals surface area contributed by atoms with Crippen molar-refractivity contribution >= 4 is 29.4 Å². The summed E-state index contributed by atoms with van der Waals surface area (Å²) >= 11 is 1.59. The van der Waals surface area contributed by atoms with Gasteiger partial charge in [-0.3, -0.25) is 4.79 Å². The number of ether oxygens (including phenoxy) is 1. The zero-order valence-electron chi connectivity index (χ0n) is 9.73. The number of rotatable bonds is 4. The fourth-order valence-corrected chi connectivity index (χ4v) is 1.88. The maximum atomic E-state index is 11.1. The molecular weight excluding hydrogens is 240 g/mol. The molecule has 5 nitrogen and oxygen atoms in total. The van der Waals surface area contributed by atoms with E-state index in [9.17, 15) is 9.59 Å². The van der Waals surface area contributed by atoms with Crippen molar-refractivity contribution in [3.05, 3.63) is 21.9 Å². The fourth-order valence-electron chi connectivity index (χ4n) is 1.05. The van der Waals surface area contributed by atoms with E-state index < -0.39 is 11.9 Å². The number of hydrazone groups is 1. The van der Waals surface area contributed by atoms with Crippen LogP contribution in [0.15, 0.2) is 17.2 Å². The van der Waals surface area contributed by atoms with Crippen LogP contribution in [-0.2, 0) is 20.7 Å². The van der Waals surface area contributed by atoms with E-state index in [1.165, 1.54) is 11.1 Å². The first-order chi connectivity index (χ1) is 8.17. The lowest BCUT2D eigenvalue weighted by Gasteiger charge is -1.98. The molecule has 0 aromatic carbocycles. The summed E-state index contributed by atoms with van der Waals surface area (Å²) in [5, 5.41) is 3.68. The highest BCUT2D eigenvalue weighted by Gasteiger charge is 2.12. The zero-order chi connectivity index (χ0) is 12.7. The van der Waals surface area contributed by atoms with Gasteiger partial charge in [-0.2, -0.15) is 5.10 Å². The zero-order valence-corrected chi connectivity index (χ0v) is 10.5. The molecule has 1 aromatic rings. The Morgan fingerprint density at radius 2 is 2.24 bits per heavy atom. The van der Waals surface area contributed by atoms with E-state index in [0.717, 1.165) is 11.3 Å². The Bertz CT molecular complexity index is 426. The molecule has 0 saturated carbocycles. The van der Waals surface area contributed by atoms with Crippen molar-refractivity contribution in [3.8, 4) is 0 Å². The molecule has 0 fully saturated rings. The SMILES string of the molecule is CCOC(=O)C(=O)NN=Cc1ccc(CC)s1. The molecule has 0 aliphatic carbocycles. The van der Waals surface area contributed by atoms with Crippen molar-refractivity contribution in [3.63, 3.8) is 0 Å². The summed E-state index contributed by atoms with van der Waals surface area (Å²) in [4.78, 5) is 24.2. The van der Waals surface area contributed by atoms with Crippen LogP contribution in [0.1, 0.15) is 23.6 Å². The Hall–Kier alpha value is -1.69. The lowest BCUT2D eigenvalue weighted by atomic mass is 10.4. The van der Waals surface area contributed by atoms with E-state index in [1.807, 2.05) is 12.1 Å². The summed E-state index contributed by atoms with van der Waals surface area (Å²) in [6, 6.07) is 3.91. The molecule has 0 bridgehead atoms. The molecule has 0 atom stereocenters.